The standard InChI is InChI=1S/C22H16BN2O4/c26-22(19-9-8-17(12-24-19)23(27,28)29)25-18-10-15-6-4-13-2-1-3-14-5-7-16(11-18)21(15)20(13)14/h1-12,27-29H,(H,25,26)/q-1. The van der Waals surface area contributed by atoms with Gasteiger partial charge in [0.15, 0.2) is 0 Å². The van der Waals surface area contributed by atoms with E-state index in [2.05, 4.69) is 34.6 Å². The third kappa shape index (κ3) is 2.98. The van der Waals surface area contributed by atoms with Crippen LogP contribution in [0.25, 0.3) is 32.3 Å². The number of amides is 1. The van der Waals surface area contributed by atoms with Gasteiger partial charge in [-0.1, -0.05) is 48.5 Å². The summed E-state index contributed by atoms with van der Waals surface area (Å²) in [5.74, 6) is -0.434. The van der Waals surface area contributed by atoms with Gasteiger partial charge in [0, 0.05) is 11.9 Å². The minimum Gasteiger partial charge on any atom is -0.556 e. The maximum absolute atomic E-state index is 12.6. The maximum atomic E-state index is 12.6. The zero-order valence-electron chi connectivity index (χ0n) is 15.2. The molecule has 0 radical (unpaired) electrons. The molecular weight excluding hydrogens is 367 g/mol. The number of nitrogens with one attached hydrogen (secondary N) is 1. The van der Waals surface area contributed by atoms with E-state index in [9.17, 15) is 19.9 Å². The van der Waals surface area contributed by atoms with Crippen molar-refractivity contribution in [1.82, 2.24) is 4.98 Å². The third-order valence-electron chi connectivity index (χ3n) is 5.19. The molecule has 4 N–H and O–H groups in total. The smallest absolute Gasteiger partial charge is 0.404 e. The molecular formula is C22H16BN2O4-. The predicted octanol–water partition coefficient (Wildman–Crippen LogP) is 2.35. The molecule has 0 aliphatic carbocycles. The number of nitrogens with zero attached hydrogens (tertiary/aromatic N) is 1. The van der Waals surface area contributed by atoms with Gasteiger partial charge in [-0.3, -0.25) is 9.78 Å². The fraction of sp³-hybridized carbons (Fsp3) is 0. The number of rotatable bonds is 3. The average molecular weight is 383 g/mol. The largest absolute Gasteiger partial charge is 0.556 e. The summed E-state index contributed by atoms with van der Waals surface area (Å²) in [6, 6.07) is 20.9. The van der Waals surface area contributed by atoms with Crippen molar-refractivity contribution in [2.45, 2.75) is 0 Å². The van der Waals surface area contributed by atoms with Crippen LogP contribution < -0.4 is 10.8 Å². The first-order valence-electron chi connectivity index (χ1n) is 9.17. The van der Waals surface area contributed by atoms with Crippen molar-refractivity contribution in [2.24, 2.45) is 0 Å². The van der Waals surface area contributed by atoms with E-state index < -0.39 is 12.7 Å². The Kier molecular flexibility index (Phi) is 3.79. The number of carbonyl (C=O) groups is 1. The van der Waals surface area contributed by atoms with Crippen LogP contribution in [-0.4, -0.2) is 32.7 Å². The van der Waals surface area contributed by atoms with Crippen molar-refractivity contribution in [1.29, 1.82) is 0 Å². The summed E-state index contributed by atoms with van der Waals surface area (Å²) in [7, 11) is 0. The number of carbonyl (C=O) groups excluding carboxylic acids is 1. The van der Waals surface area contributed by atoms with Crippen LogP contribution in [0.3, 0.4) is 0 Å². The van der Waals surface area contributed by atoms with Crippen LogP contribution in [0.4, 0.5) is 5.69 Å². The summed E-state index contributed by atoms with van der Waals surface area (Å²) in [5.41, 5.74) is 0.570. The highest BCUT2D eigenvalue weighted by Crippen LogP contribution is 2.36. The Balaban J connectivity index is 1.53. The summed E-state index contributed by atoms with van der Waals surface area (Å²) in [4.78, 5) is 16.5. The quantitative estimate of drug-likeness (QED) is 0.283. The Hall–Kier alpha value is -3.52. The zero-order valence-corrected chi connectivity index (χ0v) is 15.2. The molecule has 0 saturated heterocycles. The molecule has 0 bridgehead atoms. The second-order valence-electron chi connectivity index (χ2n) is 7.17. The number of anilines is 1. The van der Waals surface area contributed by atoms with Crippen molar-refractivity contribution in [3.05, 3.63) is 78.6 Å². The Morgan fingerprint density at radius 2 is 1.38 bits per heavy atom. The molecule has 0 spiro atoms. The molecule has 0 atom stereocenters. The summed E-state index contributed by atoms with van der Waals surface area (Å²) < 4.78 is 0. The Bertz CT molecular complexity index is 1310. The number of pyridine rings is 1. The first-order valence-corrected chi connectivity index (χ1v) is 9.17. The van der Waals surface area contributed by atoms with Gasteiger partial charge in [0.05, 0.1) is 0 Å². The van der Waals surface area contributed by atoms with Crippen LogP contribution in [-0.2, 0) is 0 Å². The highest BCUT2D eigenvalue weighted by atomic mass is 16.5. The summed E-state index contributed by atoms with van der Waals surface area (Å²) in [5, 5.41) is 37.3. The Morgan fingerprint density at radius 3 is 1.93 bits per heavy atom. The number of hydrogen-bond donors (Lipinski definition) is 4. The van der Waals surface area contributed by atoms with E-state index in [-0.39, 0.29) is 11.2 Å². The van der Waals surface area contributed by atoms with Gasteiger partial charge in [-0.05, 0) is 50.5 Å². The van der Waals surface area contributed by atoms with E-state index in [4.69, 9.17) is 0 Å². The molecule has 5 aromatic rings. The summed E-state index contributed by atoms with van der Waals surface area (Å²) in [6.45, 7) is -3.64. The van der Waals surface area contributed by atoms with Gasteiger partial charge >= 0.3 is 6.75 Å². The number of benzene rings is 4. The second kappa shape index (κ2) is 6.25. The van der Waals surface area contributed by atoms with Crippen molar-refractivity contribution in [3.8, 4) is 0 Å². The van der Waals surface area contributed by atoms with Gasteiger partial charge in [-0.25, -0.2) is 0 Å². The Labute approximate surface area is 165 Å². The van der Waals surface area contributed by atoms with Gasteiger partial charge < -0.3 is 20.4 Å². The maximum Gasteiger partial charge on any atom is 0.404 e. The highest BCUT2D eigenvalue weighted by Gasteiger charge is 2.19. The molecule has 142 valence electrons. The molecule has 0 unspecified atom stereocenters. The van der Waals surface area contributed by atoms with Crippen LogP contribution in [0.1, 0.15) is 10.5 Å². The molecule has 4 aromatic carbocycles. The van der Waals surface area contributed by atoms with E-state index in [1.807, 2.05) is 30.3 Å². The SMILES string of the molecule is O=C(Nc1cc2ccc3cccc4ccc(c1)c2c34)c1ccc([B-](O)(O)O)cn1. The molecule has 1 heterocycles. The van der Waals surface area contributed by atoms with Crippen LogP contribution in [0.15, 0.2) is 72.9 Å². The second-order valence-corrected chi connectivity index (χ2v) is 7.17. The van der Waals surface area contributed by atoms with E-state index in [1.165, 1.54) is 28.3 Å². The summed E-state index contributed by atoms with van der Waals surface area (Å²) >= 11 is 0. The normalized spacial score (nSPS) is 12.1. The van der Waals surface area contributed by atoms with Crippen LogP contribution in [0, 0.1) is 0 Å². The fourth-order valence-corrected chi connectivity index (χ4v) is 3.79. The van der Waals surface area contributed by atoms with Crippen molar-refractivity contribution < 1.29 is 19.9 Å². The van der Waals surface area contributed by atoms with E-state index in [1.54, 1.807) is 0 Å². The lowest BCUT2D eigenvalue weighted by Gasteiger charge is -2.20. The first kappa shape index (κ1) is 17.6. The molecule has 0 aliphatic rings. The molecule has 7 heteroatoms. The molecule has 5 rings (SSSR count). The van der Waals surface area contributed by atoms with E-state index in [0.29, 0.717) is 5.69 Å². The van der Waals surface area contributed by atoms with Gasteiger partial charge in [-0.2, -0.15) is 0 Å². The van der Waals surface area contributed by atoms with E-state index in [0.717, 1.165) is 22.4 Å². The van der Waals surface area contributed by atoms with Gasteiger partial charge in [0.1, 0.15) is 5.69 Å². The van der Waals surface area contributed by atoms with Crippen LogP contribution in [0.5, 0.6) is 0 Å². The molecule has 1 aromatic heterocycles. The average Bonchev–Trinajstić information content (AvgIpc) is 2.71. The minimum atomic E-state index is -3.64. The molecule has 0 fully saturated rings. The Morgan fingerprint density at radius 1 is 0.793 bits per heavy atom. The topological polar surface area (TPSA) is 103 Å². The lowest BCUT2D eigenvalue weighted by Crippen LogP contribution is -2.49. The lowest BCUT2D eigenvalue weighted by molar-refractivity contribution is 0.102. The number of hydrogen-bond acceptors (Lipinski definition) is 5. The lowest BCUT2D eigenvalue weighted by atomic mass is 9.72. The molecule has 6 nitrogen and oxygen atoms in total. The van der Waals surface area contributed by atoms with Gasteiger partial charge in [0.25, 0.3) is 5.91 Å². The van der Waals surface area contributed by atoms with E-state index >= 15 is 0 Å². The van der Waals surface area contributed by atoms with Crippen molar-refractivity contribution in [3.63, 3.8) is 0 Å². The molecule has 0 aliphatic heterocycles. The third-order valence-corrected chi connectivity index (χ3v) is 5.19. The molecule has 0 saturated carbocycles. The molecule has 1 amide bonds. The van der Waals surface area contributed by atoms with Gasteiger partial charge in [0.2, 0.25) is 0 Å². The predicted molar refractivity (Wildman–Crippen MR) is 114 cm³/mol. The zero-order chi connectivity index (χ0) is 20.2. The monoisotopic (exact) mass is 383 g/mol. The fourth-order valence-electron chi connectivity index (χ4n) is 3.79. The van der Waals surface area contributed by atoms with Crippen molar-refractivity contribution in [2.75, 3.05) is 5.32 Å². The van der Waals surface area contributed by atoms with Crippen molar-refractivity contribution >= 4 is 56.1 Å². The van der Waals surface area contributed by atoms with Crippen LogP contribution >= 0.6 is 0 Å². The van der Waals surface area contributed by atoms with Crippen LogP contribution in [0.2, 0.25) is 0 Å². The highest BCUT2D eigenvalue weighted by molar-refractivity contribution is 6.71. The first-order chi connectivity index (χ1) is 13.9. The number of aromatic nitrogens is 1. The minimum absolute atomic E-state index is 0.0962. The van der Waals surface area contributed by atoms with Gasteiger partial charge in [-0.15, -0.1) is 5.46 Å². The molecule has 29 heavy (non-hydrogen) atoms. The summed E-state index contributed by atoms with van der Waals surface area (Å²) in [6.07, 6.45) is 1.06.